The summed E-state index contributed by atoms with van der Waals surface area (Å²) in [6.45, 7) is 0.986. The van der Waals surface area contributed by atoms with E-state index in [4.69, 9.17) is 24.6 Å². The molecule has 1 aliphatic rings. The first-order chi connectivity index (χ1) is 8.76. The lowest BCUT2D eigenvalue weighted by Crippen LogP contribution is -2.16. The zero-order chi connectivity index (χ0) is 13.0. The Balaban J connectivity index is 2.28. The van der Waals surface area contributed by atoms with Gasteiger partial charge in [0.25, 0.3) is 0 Å². The van der Waals surface area contributed by atoms with Gasteiger partial charge >= 0.3 is 0 Å². The minimum Gasteiger partial charge on any atom is -0.486 e. The first kappa shape index (κ1) is 13.1. The molecule has 0 saturated carbocycles. The summed E-state index contributed by atoms with van der Waals surface area (Å²) >= 11 is 3.38. The van der Waals surface area contributed by atoms with Crippen LogP contribution >= 0.6 is 15.9 Å². The predicted molar refractivity (Wildman–Crippen MR) is 66.5 cm³/mol. The van der Waals surface area contributed by atoms with Crippen LogP contribution in [0, 0.1) is 11.3 Å². The monoisotopic (exact) mass is 313 g/mol. The SMILES string of the molecule is N#CC(OCCO)c1cc(Br)c2c(c1)OCCO2. The van der Waals surface area contributed by atoms with Gasteiger partial charge in [-0.15, -0.1) is 0 Å². The maximum absolute atomic E-state index is 9.06. The van der Waals surface area contributed by atoms with E-state index >= 15 is 0 Å². The van der Waals surface area contributed by atoms with E-state index < -0.39 is 6.10 Å². The van der Waals surface area contributed by atoms with E-state index in [0.29, 0.717) is 30.3 Å². The van der Waals surface area contributed by atoms with Gasteiger partial charge in [-0.1, -0.05) is 0 Å². The average molecular weight is 314 g/mol. The number of hydrogen-bond acceptors (Lipinski definition) is 5. The molecule has 0 spiro atoms. The van der Waals surface area contributed by atoms with E-state index in [-0.39, 0.29) is 13.2 Å². The molecule has 1 unspecified atom stereocenters. The summed E-state index contributed by atoms with van der Waals surface area (Å²) in [5, 5.41) is 17.8. The molecule has 1 heterocycles. The highest BCUT2D eigenvalue weighted by molar-refractivity contribution is 9.10. The molecule has 1 aromatic rings. The van der Waals surface area contributed by atoms with Crippen molar-refractivity contribution in [2.45, 2.75) is 6.10 Å². The molecule has 0 fully saturated rings. The molecule has 1 N–H and O–H groups in total. The van der Waals surface area contributed by atoms with Crippen LogP contribution in [0.4, 0.5) is 0 Å². The van der Waals surface area contributed by atoms with Crippen LogP contribution in [-0.4, -0.2) is 31.5 Å². The molecular formula is C12H12BrNO4. The van der Waals surface area contributed by atoms with Crippen LogP contribution in [0.3, 0.4) is 0 Å². The van der Waals surface area contributed by atoms with Crippen molar-refractivity contribution in [2.75, 3.05) is 26.4 Å². The average Bonchev–Trinajstić information content (AvgIpc) is 2.40. The molecule has 5 nitrogen and oxygen atoms in total. The van der Waals surface area contributed by atoms with E-state index in [1.54, 1.807) is 12.1 Å². The second-order valence-electron chi connectivity index (χ2n) is 3.63. The van der Waals surface area contributed by atoms with Crippen molar-refractivity contribution in [3.05, 3.63) is 22.2 Å². The van der Waals surface area contributed by atoms with E-state index in [0.717, 1.165) is 4.47 Å². The Morgan fingerprint density at radius 3 is 2.94 bits per heavy atom. The molecular weight excluding hydrogens is 302 g/mol. The standard InChI is InChI=1S/C12H12BrNO4/c13-9-5-8(11(7-14)16-2-1-15)6-10-12(9)18-4-3-17-10/h5-6,11,15H,1-4H2. The highest BCUT2D eigenvalue weighted by atomic mass is 79.9. The number of nitriles is 1. The fourth-order valence-corrected chi connectivity index (χ4v) is 2.23. The van der Waals surface area contributed by atoms with Crippen LogP contribution in [0.1, 0.15) is 11.7 Å². The topological polar surface area (TPSA) is 71.7 Å². The lowest BCUT2D eigenvalue weighted by atomic mass is 10.1. The number of hydrogen-bond donors (Lipinski definition) is 1. The summed E-state index contributed by atoms with van der Waals surface area (Å²) in [4.78, 5) is 0. The molecule has 2 rings (SSSR count). The van der Waals surface area contributed by atoms with Crippen LogP contribution in [-0.2, 0) is 4.74 Å². The number of fused-ring (bicyclic) bond motifs is 1. The number of aliphatic hydroxyl groups is 1. The lowest BCUT2D eigenvalue weighted by molar-refractivity contribution is 0.0577. The van der Waals surface area contributed by atoms with Crippen LogP contribution in [0.2, 0.25) is 0 Å². The van der Waals surface area contributed by atoms with Crippen molar-refractivity contribution in [1.82, 2.24) is 0 Å². The second-order valence-corrected chi connectivity index (χ2v) is 4.48. The van der Waals surface area contributed by atoms with Crippen LogP contribution in [0.25, 0.3) is 0 Å². The summed E-state index contributed by atoms with van der Waals surface area (Å²) in [5.74, 6) is 1.24. The smallest absolute Gasteiger partial charge is 0.175 e. The highest BCUT2D eigenvalue weighted by Gasteiger charge is 2.20. The maximum atomic E-state index is 9.06. The number of ether oxygens (including phenoxy) is 3. The largest absolute Gasteiger partial charge is 0.486 e. The number of nitrogens with zero attached hydrogens (tertiary/aromatic N) is 1. The number of aliphatic hydroxyl groups excluding tert-OH is 1. The first-order valence-corrected chi connectivity index (χ1v) is 6.26. The van der Waals surface area contributed by atoms with Gasteiger partial charge < -0.3 is 19.3 Å². The third kappa shape index (κ3) is 2.75. The molecule has 18 heavy (non-hydrogen) atoms. The molecule has 0 aliphatic carbocycles. The molecule has 0 bridgehead atoms. The molecule has 0 amide bonds. The van der Waals surface area contributed by atoms with Crippen molar-refractivity contribution in [2.24, 2.45) is 0 Å². The van der Waals surface area contributed by atoms with Gasteiger partial charge in [-0.25, -0.2) is 0 Å². The summed E-state index contributed by atoms with van der Waals surface area (Å²) < 4.78 is 16.9. The van der Waals surface area contributed by atoms with Crippen LogP contribution < -0.4 is 9.47 Å². The highest BCUT2D eigenvalue weighted by Crippen LogP contribution is 2.40. The fourth-order valence-electron chi connectivity index (χ4n) is 1.66. The van der Waals surface area contributed by atoms with Crippen molar-refractivity contribution in [1.29, 1.82) is 5.26 Å². The minimum absolute atomic E-state index is 0.115. The zero-order valence-electron chi connectivity index (χ0n) is 9.56. The summed E-state index contributed by atoms with van der Waals surface area (Å²) in [5.41, 5.74) is 0.669. The number of benzene rings is 1. The van der Waals surface area contributed by atoms with Gasteiger partial charge in [0.2, 0.25) is 0 Å². The van der Waals surface area contributed by atoms with Crippen LogP contribution in [0.15, 0.2) is 16.6 Å². The summed E-state index contributed by atoms with van der Waals surface area (Å²) in [6.07, 6.45) is -0.732. The van der Waals surface area contributed by atoms with Gasteiger partial charge in [0.1, 0.15) is 13.2 Å². The third-order valence-corrected chi connectivity index (χ3v) is 3.00. The van der Waals surface area contributed by atoms with Crippen molar-refractivity contribution in [3.63, 3.8) is 0 Å². The van der Waals surface area contributed by atoms with Crippen molar-refractivity contribution < 1.29 is 19.3 Å². The number of rotatable bonds is 4. The Bertz CT molecular complexity index is 472. The van der Waals surface area contributed by atoms with E-state index in [1.165, 1.54) is 0 Å². The molecule has 96 valence electrons. The summed E-state index contributed by atoms with van der Waals surface area (Å²) in [7, 11) is 0. The quantitative estimate of drug-likeness (QED) is 0.917. The Labute approximate surface area is 113 Å². The summed E-state index contributed by atoms with van der Waals surface area (Å²) in [6, 6.07) is 5.53. The van der Waals surface area contributed by atoms with Crippen LogP contribution in [0.5, 0.6) is 11.5 Å². The van der Waals surface area contributed by atoms with Crippen molar-refractivity contribution >= 4 is 15.9 Å². The zero-order valence-corrected chi connectivity index (χ0v) is 11.1. The van der Waals surface area contributed by atoms with E-state index in [1.807, 2.05) is 6.07 Å². The molecule has 1 atom stereocenters. The molecule has 6 heteroatoms. The second kappa shape index (κ2) is 6.05. The lowest BCUT2D eigenvalue weighted by Gasteiger charge is -2.21. The predicted octanol–water partition coefficient (Wildman–Crippen LogP) is 1.79. The third-order valence-electron chi connectivity index (χ3n) is 2.41. The van der Waals surface area contributed by atoms with Gasteiger partial charge in [0.05, 0.1) is 23.8 Å². The number of halogens is 1. The molecule has 0 aromatic heterocycles. The van der Waals surface area contributed by atoms with Gasteiger partial charge in [-0.2, -0.15) is 5.26 Å². The molecule has 1 aliphatic heterocycles. The normalized spacial score (nSPS) is 14.9. The Morgan fingerprint density at radius 2 is 2.22 bits per heavy atom. The first-order valence-electron chi connectivity index (χ1n) is 5.47. The molecule has 0 saturated heterocycles. The molecule has 1 aromatic carbocycles. The Morgan fingerprint density at radius 1 is 1.44 bits per heavy atom. The minimum atomic E-state index is -0.732. The molecule has 0 radical (unpaired) electrons. The van der Waals surface area contributed by atoms with E-state index in [2.05, 4.69) is 15.9 Å². The van der Waals surface area contributed by atoms with Gasteiger partial charge in [0, 0.05) is 5.56 Å². The Hall–Kier alpha value is -1.29. The Kier molecular flexibility index (Phi) is 4.42. The van der Waals surface area contributed by atoms with Gasteiger partial charge in [-0.3, -0.25) is 0 Å². The van der Waals surface area contributed by atoms with E-state index in [9.17, 15) is 0 Å². The van der Waals surface area contributed by atoms with Gasteiger partial charge in [-0.05, 0) is 28.1 Å². The maximum Gasteiger partial charge on any atom is 0.175 e. The van der Waals surface area contributed by atoms with Gasteiger partial charge in [0.15, 0.2) is 17.6 Å². The van der Waals surface area contributed by atoms with Crippen molar-refractivity contribution in [3.8, 4) is 17.6 Å². The fraction of sp³-hybridized carbons (Fsp3) is 0.417.